The van der Waals surface area contributed by atoms with Crippen molar-refractivity contribution in [3.8, 4) is 0 Å². The molecule has 1 aliphatic heterocycles. The Morgan fingerprint density at radius 1 is 1.27 bits per heavy atom. The number of likely N-dealkylation sites (tertiary alicyclic amines) is 1. The summed E-state index contributed by atoms with van der Waals surface area (Å²) in [5.74, 6) is -1.25. The highest BCUT2D eigenvalue weighted by Gasteiger charge is 2.51. The summed E-state index contributed by atoms with van der Waals surface area (Å²) in [6.45, 7) is 2.37. The van der Waals surface area contributed by atoms with E-state index in [1.807, 2.05) is 0 Å². The lowest BCUT2D eigenvalue weighted by atomic mass is 9.63. The number of amides is 1. The Balaban J connectivity index is 1.86. The molecular formula is C17H20FNO3. The van der Waals surface area contributed by atoms with Crippen molar-refractivity contribution in [1.82, 2.24) is 4.90 Å². The molecule has 1 aromatic rings. The molecule has 5 heteroatoms. The average molecular weight is 305 g/mol. The van der Waals surface area contributed by atoms with E-state index in [4.69, 9.17) is 0 Å². The van der Waals surface area contributed by atoms with Gasteiger partial charge < -0.3 is 10.0 Å². The minimum atomic E-state index is -0.872. The van der Waals surface area contributed by atoms with Gasteiger partial charge in [0.15, 0.2) is 0 Å². The Morgan fingerprint density at radius 3 is 2.50 bits per heavy atom. The topological polar surface area (TPSA) is 57.6 Å². The van der Waals surface area contributed by atoms with Crippen molar-refractivity contribution in [3.63, 3.8) is 0 Å². The molecule has 4 nitrogen and oxygen atoms in total. The molecule has 1 N–H and O–H groups in total. The molecule has 0 radical (unpaired) electrons. The van der Waals surface area contributed by atoms with E-state index >= 15 is 0 Å². The highest BCUT2D eigenvalue weighted by molar-refractivity contribution is 5.90. The maximum absolute atomic E-state index is 13.5. The number of carbonyl (C=O) groups is 2. The Morgan fingerprint density at radius 2 is 2.00 bits per heavy atom. The standard InChI is InChI=1S/C17H20FNO3/c1-16(15(21)22)8-9-19(11-16)14(20)17(6-3-7-17)12-4-2-5-13(18)10-12/h2,4-5,10H,3,6-9,11H2,1H3,(H,21,22)/t16-/m1/s1. The van der Waals surface area contributed by atoms with Crippen molar-refractivity contribution >= 4 is 11.9 Å². The summed E-state index contributed by atoms with van der Waals surface area (Å²) in [6.07, 6.45) is 2.81. The van der Waals surface area contributed by atoms with Crippen LogP contribution in [0.15, 0.2) is 24.3 Å². The van der Waals surface area contributed by atoms with Gasteiger partial charge in [0.2, 0.25) is 5.91 Å². The van der Waals surface area contributed by atoms with Crippen LogP contribution in [-0.2, 0) is 15.0 Å². The van der Waals surface area contributed by atoms with Gasteiger partial charge in [-0.3, -0.25) is 9.59 Å². The molecular weight excluding hydrogens is 285 g/mol. The van der Waals surface area contributed by atoms with Crippen LogP contribution in [0.3, 0.4) is 0 Å². The summed E-state index contributed by atoms with van der Waals surface area (Å²) < 4.78 is 13.5. The summed E-state index contributed by atoms with van der Waals surface area (Å²) >= 11 is 0. The first kappa shape index (κ1) is 15.0. The fourth-order valence-electron chi connectivity index (χ4n) is 3.55. The van der Waals surface area contributed by atoms with Gasteiger partial charge in [0.25, 0.3) is 0 Å². The molecule has 1 aromatic carbocycles. The number of carbonyl (C=O) groups excluding carboxylic acids is 1. The third-order valence-corrected chi connectivity index (χ3v) is 5.27. The van der Waals surface area contributed by atoms with Gasteiger partial charge in [-0.2, -0.15) is 0 Å². The maximum atomic E-state index is 13.5. The first-order chi connectivity index (χ1) is 10.4. The lowest BCUT2D eigenvalue weighted by molar-refractivity contribution is -0.148. The Kier molecular flexibility index (Phi) is 3.46. The van der Waals surface area contributed by atoms with Crippen LogP contribution in [-0.4, -0.2) is 35.0 Å². The molecule has 1 saturated carbocycles. The van der Waals surface area contributed by atoms with Gasteiger partial charge >= 0.3 is 5.97 Å². The van der Waals surface area contributed by atoms with Crippen molar-refractivity contribution in [3.05, 3.63) is 35.6 Å². The highest BCUT2D eigenvalue weighted by Crippen LogP contribution is 2.46. The van der Waals surface area contributed by atoms with Crippen LogP contribution in [0.25, 0.3) is 0 Å². The van der Waals surface area contributed by atoms with Gasteiger partial charge in [0.05, 0.1) is 10.8 Å². The van der Waals surface area contributed by atoms with Crippen molar-refractivity contribution in [2.75, 3.05) is 13.1 Å². The minimum absolute atomic E-state index is 0.0469. The molecule has 0 unspecified atom stereocenters. The number of carboxylic acid groups (broad SMARTS) is 1. The van der Waals surface area contributed by atoms with Gasteiger partial charge in [-0.15, -0.1) is 0 Å². The van der Waals surface area contributed by atoms with Gasteiger partial charge in [-0.05, 0) is 43.9 Å². The molecule has 118 valence electrons. The fourth-order valence-corrected chi connectivity index (χ4v) is 3.55. The van der Waals surface area contributed by atoms with Crippen molar-refractivity contribution in [2.24, 2.45) is 5.41 Å². The van der Waals surface area contributed by atoms with Crippen LogP contribution in [0, 0.1) is 11.2 Å². The second-order valence-corrected chi connectivity index (χ2v) is 6.79. The molecule has 1 atom stereocenters. The molecule has 2 aliphatic rings. The molecule has 3 rings (SSSR count). The number of aliphatic carboxylic acids is 1. The number of nitrogens with zero attached hydrogens (tertiary/aromatic N) is 1. The summed E-state index contributed by atoms with van der Waals surface area (Å²) in [4.78, 5) is 26.0. The van der Waals surface area contributed by atoms with E-state index < -0.39 is 16.8 Å². The van der Waals surface area contributed by atoms with E-state index in [0.29, 0.717) is 31.4 Å². The summed E-state index contributed by atoms with van der Waals surface area (Å²) in [6, 6.07) is 6.23. The Labute approximate surface area is 128 Å². The van der Waals surface area contributed by atoms with Crippen LogP contribution >= 0.6 is 0 Å². The predicted molar refractivity (Wildman–Crippen MR) is 78.9 cm³/mol. The molecule has 0 spiro atoms. The Bertz CT molecular complexity index is 626. The fraction of sp³-hybridized carbons (Fsp3) is 0.529. The predicted octanol–water partition coefficient (Wildman–Crippen LogP) is 2.57. The molecule has 1 amide bonds. The summed E-state index contributed by atoms with van der Waals surface area (Å²) in [5, 5.41) is 9.31. The Hall–Kier alpha value is -1.91. The number of benzene rings is 1. The van der Waals surface area contributed by atoms with Crippen molar-refractivity contribution in [1.29, 1.82) is 0 Å². The number of halogens is 1. The summed E-state index contributed by atoms with van der Waals surface area (Å²) in [7, 11) is 0. The largest absolute Gasteiger partial charge is 0.481 e. The second kappa shape index (κ2) is 5.07. The molecule has 1 saturated heterocycles. The molecule has 0 bridgehead atoms. The van der Waals surface area contributed by atoms with Crippen LogP contribution in [0.2, 0.25) is 0 Å². The van der Waals surface area contributed by atoms with Crippen LogP contribution in [0.1, 0.15) is 38.2 Å². The first-order valence-electron chi connectivity index (χ1n) is 7.66. The second-order valence-electron chi connectivity index (χ2n) is 6.79. The third kappa shape index (κ3) is 2.19. The lowest BCUT2D eigenvalue weighted by Crippen LogP contribution is -2.51. The van der Waals surface area contributed by atoms with E-state index in [2.05, 4.69) is 0 Å². The van der Waals surface area contributed by atoms with E-state index in [-0.39, 0.29) is 18.3 Å². The first-order valence-corrected chi connectivity index (χ1v) is 7.66. The number of hydrogen-bond donors (Lipinski definition) is 1. The zero-order valence-corrected chi connectivity index (χ0v) is 12.6. The van der Waals surface area contributed by atoms with E-state index in [1.165, 1.54) is 12.1 Å². The van der Waals surface area contributed by atoms with Gasteiger partial charge in [-0.25, -0.2) is 4.39 Å². The molecule has 2 fully saturated rings. The minimum Gasteiger partial charge on any atom is -0.481 e. The molecule has 1 aliphatic carbocycles. The smallest absolute Gasteiger partial charge is 0.311 e. The number of carboxylic acids is 1. The molecule has 0 aromatic heterocycles. The maximum Gasteiger partial charge on any atom is 0.311 e. The monoisotopic (exact) mass is 305 g/mol. The highest BCUT2D eigenvalue weighted by atomic mass is 19.1. The SMILES string of the molecule is C[C@@]1(C(=O)O)CCN(C(=O)C2(c3cccc(F)c3)CCC2)C1. The van der Waals surface area contributed by atoms with Crippen LogP contribution in [0.5, 0.6) is 0 Å². The van der Waals surface area contributed by atoms with E-state index in [1.54, 1.807) is 24.0 Å². The third-order valence-electron chi connectivity index (χ3n) is 5.27. The van der Waals surface area contributed by atoms with Crippen LogP contribution < -0.4 is 0 Å². The quantitative estimate of drug-likeness (QED) is 0.933. The van der Waals surface area contributed by atoms with Crippen molar-refractivity contribution in [2.45, 2.75) is 38.0 Å². The zero-order chi connectivity index (χ0) is 16.0. The normalized spacial score (nSPS) is 26.5. The molecule has 22 heavy (non-hydrogen) atoms. The zero-order valence-electron chi connectivity index (χ0n) is 12.6. The van der Waals surface area contributed by atoms with Gasteiger partial charge in [-0.1, -0.05) is 18.6 Å². The number of hydrogen-bond acceptors (Lipinski definition) is 2. The van der Waals surface area contributed by atoms with E-state index in [9.17, 15) is 19.1 Å². The van der Waals surface area contributed by atoms with Crippen molar-refractivity contribution < 1.29 is 19.1 Å². The number of rotatable bonds is 3. The molecule has 1 heterocycles. The lowest BCUT2D eigenvalue weighted by Gasteiger charge is -2.43. The van der Waals surface area contributed by atoms with Crippen LogP contribution in [0.4, 0.5) is 4.39 Å². The van der Waals surface area contributed by atoms with Gasteiger partial charge in [0, 0.05) is 13.1 Å². The van der Waals surface area contributed by atoms with Gasteiger partial charge in [0.1, 0.15) is 5.82 Å². The average Bonchev–Trinajstić information content (AvgIpc) is 2.82. The summed E-state index contributed by atoms with van der Waals surface area (Å²) in [5.41, 5.74) is -0.818. The van der Waals surface area contributed by atoms with E-state index in [0.717, 1.165) is 6.42 Å².